The first-order valence-corrected chi connectivity index (χ1v) is 6.03. The molecule has 1 heterocycles. The molecule has 0 aliphatic rings. The number of methoxy groups -OCH3 is 1. The van der Waals surface area contributed by atoms with Gasteiger partial charge in [-0.05, 0) is 36.2 Å². The van der Waals surface area contributed by atoms with Crippen LogP contribution in [0.1, 0.15) is 27.2 Å². The van der Waals surface area contributed by atoms with E-state index in [-0.39, 0.29) is 5.69 Å². The normalized spacial score (nSPS) is 10.1. The maximum Gasteiger partial charge on any atom is 0.352 e. The van der Waals surface area contributed by atoms with Gasteiger partial charge in [0.2, 0.25) is 0 Å². The van der Waals surface area contributed by atoms with Crippen molar-refractivity contribution in [2.75, 3.05) is 7.11 Å². The van der Waals surface area contributed by atoms with Gasteiger partial charge in [-0.25, -0.2) is 4.79 Å². The summed E-state index contributed by atoms with van der Waals surface area (Å²) in [6, 6.07) is 9.03. The molecule has 0 aliphatic heterocycles. The smallest absolute Gasteiger partial charge is 0.352 e. The summed E-state index contributed by atoms with van der Waals surface area (Å²) in [4.78, 5) is 11.2. The third-order valence-electron chi connectivity index (χ3n) is 3.11. The van der Waals surface area contributed by atoms with Crippen LogP contribution in [0.25, 0.3) is 0 Å². The van der Waals surface area contributed by atoms with Gasteiger partial charge in [0.25, 0.3) is 0 Å². The molecule has 5 heteroatoms. The van der Waals surface area contributed by atoms with E-state index in [0.717, 1.165) is 11.1 Å². The van der Waals surface area contributed by atoms with Gasteiger partial charge in [0.1, 0.15) is 17.5 Å². The number of nitrogens with zero attached hydrogens (tertiary/aromatic N) is 2. The van der Waals surface area contributed by atoms with Crippen LogP contribution in [0.15, 0.2) is 30.5 Å². The number of carboxylic acid groups (broad SMARTS) is 1. The fourth-order valence-electron chi connectivity index (χ4n) is 2.13. The van der Waals surface area contributed by atoms with Crippen LogP contribution < -0.4 is 4.74 Å². The highest BCUT2D eigenvalue weighted by molar-refractivity contribution is 5.87. The topological polar surface area (TPSA) is 75.2 Å². The molecule has 20 heavy (non-hydrogen) atoms. The molecule has 0 atom stereocenters. The van der Waals surface area contributed by atoms with E-state index in [4.69, 9.17) is 10.00 Å². The Labute approximate surface area is 116 Å². The number of aromatic carboxylic acids is 1. The van der Waals surface area contributed by atoms with Gasteiger partial charge in [0, 0.05) is 12.7 Å². The number of nitriles is 1. The van der Waals surface area contributed by atoms with Crippen LogP contribution in [0.4, 0.5) is 0 Å². The average Bonchev–Trinajstić information content (AvgIpc) is 2.79. The molecule has 1 N–H and O–H groups in total. The molecule has 1 aromatic carbocycles. The molecule has 0 unspecified atom stereocenters. The van der Waals surface area contributed by atoms with Gasteiger partial charge in [-0.15, -0.1) is 0 Å². The average molecular weight is 270 g/mol. The molecule has 0 spiro atoms. The summed E-state index contributed by atoms with van der Waals surface area (Å²) in [6.07, 6.45) is 1.74. The lowest BCUT2D eigenvalue weighted by atomic mass is 10.1. The zero-order valence-corrected chi connectivity index (χ0v) is 11.3. The fourth-order valence-corrected chi connectivity index (χ4v) is 2.13. The minimum absolute atomic E-state index is 0.272. The van der Waals surface area contributed by atoms with Crippen molar-refractivity contribution >= 4 is 5.97 Å². The quantitative estimate of drug-likeness (QED) is 0.925. The maximum absolute atomic E-state index is 11.2. The van der Waals surface area contributed by atoms with E-state index >= 15 is 0 Å². The Morgan fingerprint density at radius 2 is 2.20 bits per heavy atom. The SMILES string of the molecule is COc1cc(Cn2ccc(C)c2C(=O)O)ccc1C#N. The molecule has 0 radical (unpaired) electrons. The van der Waals surface area contributed by atoms with E-state index in [1.165, 1.54) is 7.11 Å². The third kappa shape index (κ3) is 2.50. The van der Waals surface area contributed by atoms with E-state index in [2.05, 4.69) is 0 Å². The number of aryl methyl sites for hydroxylation is 1. The summed E-state index contributed by atoms with van der Waals surface area (Å²) in [6.45, 7) is 2.18. The molecule has 5 nitrogen and oxygen atoms in total. The van der Waals surface area contributed by atoms with Crippen molar-refractivity contribution in [3.8, 4) is 11.8 Å². The van der Waals surface area contributed by atoms with Crippen molar-refractivity contribution in [1.82, 2.24) is 4.57 Å². The van der Waals surface area contributed by atoms with Gasteiger partial charge in [-0.2, -0.15) is 5.26 Å². The molecular formula is C15H14N2O3. The molecule has 0 saturated heterocycles. The molecule has 2 aromatic rings. The number of rotatable bonds is 4. The zero-order valence-electron chi connectivity index (χ0n) is 11.3. The van der Waals surface area contributed by atoms with Crippen molar-refractivity contribution in [2.24, 2.45) is 0 Å². The van der Waals surface area contributed by atoms with Crippen LogP contribution in [0.3, 0.4) is 0 Å². The van der Waals surface area contributed by atoms with Gasteiger partial charge >= 0.3 is 5.97 Å². The summed E-state index contributed by atoms with van der Waals surface area (Å²) in [7, 11) is 1.50. The Bertz CT molecular complexity index is 696. The molecule has 0 saturated carbocycles. The number of benzene rings is 1. The minimum Gasteiger partial charge on any atom is -0.495 e. The lowest BCUT2D eigenvalue weighted by molar-refractivity contribution is 0.0685. The lowest BCUT2D eigenvalue weighted by Crippen LogP contribution is -2.10. The molecule has 102 valence electrons. The molecule has 0 bridgehead atoms. The van der Waals surface area contributed by atoms with Crippen LogP contribution in [0.2, 0.25) is 0 Å². The summed E-state index contributed by atoms with van der Waals surface area (Å²) >= 11 is 0. The van der Waals surface area contributed by atoms with E-state index in [1.54, 1.807) is 42.0 Å². The Kier molecular flexibility index (Phi) is 3.76. The fraction of sp³-hybridized carbons (Fsp3) is 0.200. The molecule has 0 aliphatic carbocycles. The van der Waals surface area contributed by atoms with Gasteiger partial charge in [-0.1, -0.05) is 6.07 Å². The second-order valence-corrected chi connectivity index (χ2v) is 4.43. The van der Waals surface area contributed by atoms with E-state index in [0.29, 0.717) is 17.9 Å². The monoisotopic (exact) mass is 270 g/mol. The van der Waals surface area contributed by atoms with Crippen molar-refractivity contribution in [2.45, 2.75) is 13.5 Å². The maximum atomic E-state index is 11.2. The van der Waals surface area contributed by atoms with Gasteiger partial charge in [0.05, 0.1) is 12.7 Å². The van der Waals surface area contributed by atoms with Gasteiger partial charge in [-0.3, -0.25) is 0 Å². The predicted octanol–water partition coefficient (Wildman–Crippen LogP) is 2.42. The van der Waals surface area contributed by atoms with Crippen LogP contribution in [-0.2, 0) is 6.54 Å². The van der Waals surface area contributed by atoms with Crippen LogP contribution in [0.5, 0.6) is 5.75 Å². The Morgan fingerprint density at radius 3 is 2.80 bits per heavy atom. The number of carbonyl (C=O) groups is 1. The first kappa shape index (κ1) is 13.7. The zero-order chi connectivity index (χ0) is 14.7. The molecule has 0 amide bonds. The first-order chi connectivity index (χ1) is 9.56. The number of ether oxygens (including phenoxy) is 1. The highest BCUT2D eigenvalue weighted by Crippen LogP contribution is 2.21. The molecule has 1 aromatic heterocycles. The van der Waals surface area contributed by atoms with Gasteiger partial charge < -0.3 is 14.4 Å². The highest BCUT2D eigenvalue weighted by atomic mass is 16.5. The van der Waals surface area contributed by atoms with Crippen molar-refractivity contribution in [3.05, 3.63) is 52.8 Å². The Hall–Kier alpha value is -2.74. The summed E-state index contributed by atoms with van der Waals surface area (Å²) in [5.74, 6) is -0.459. The first-order valence-electron chi connectivity index (χ1n) is 6.03. The standard InChI is InChI=1S/C15H14N2O3/c1-10-5-6-17(14(10)15(18)19)9-11-3-4-12(8-16)13(7-11)20-2/h3-7H,9H2,1-2H3,(H,18,19). The molecule has 2 rings (SSSR count). The lowest BCUT2D eigenvalue weighted by Gasteiger charge is -2.09. The summed E-state index contributed by atoms with van der Waals surface area (Å²) in [5, 5.41) is 18.1. The molecular weight excluding hydrogens is 256 g/mol. The second-order valence-electron chi connectivity index (χ2n) is 4.43. The van der Waals surface area contributed by atoms with Crippen molar-refractivity contribution < 1.29 is 14.6 Å². The number of carboxylic acids is 1. The molecule has 0 fully saturated rings. The largest absolute Gasteiger partial charge is 0.495 e. The second kappa shape index (κ2) is 5.49. The number of aromatic nitrogens is 1. The highest BCUT2D eigenvalue weighted by Gasteiger charge is 2.14. The van der Waals surface area contributed by atoms with Gasteiger partial charge in [0.15, 0.2) is 0 Å². The van der Waals surface area contributed by atoms with Crippen LogP contribution >= 0.6 is 0 Å². The van der Waals surface area contributed by atoms with E-state index < -0.39 is 5.97 Å². The van der Waals surface area contributed by atoms with Crippen LogP contribution in [-0.4, -0.2) is 22.8 Å². The summed E-state index contributed by atoms with van der Waals surface area (Å²) < 4.78 is 6.81. The Balaban J connectivity index is 2.36. The van der Waals surface area contributed by atoms with Crippen LogP contribution in [0, 0.1) is 18.3 Å². The van der Waals surface area contributed by atoms with E-state index in [1.807, 2.05) is 6.07 Å². The van der Waals surface area contributed by atoms with Crippen molar-refractivity contribution in [3.63, 3.8) is 0 Å². The minimum atomic E-state index is -0.951. The Morgan fingerprint density at radius 1 is 1.45 bits per heavy atom. The summed E-state index contributed by atoms with van der Waals surface area (Å²) in [5.41, 5.74) is 2.32. The van der Waals surface area contributed by atoms with E-state index in [9.17, 15) is 9.90 Å². The number of hydrogen-bond acceptors (Lipinski definition) is 3. The van der Waals surface area contributed by atoms with Crippen molar-refractivity contribution in [1.29, 1.82) is 5.26 Å². The third-order valence-corrected chi connectivity index (χ3v) is 3.11. The predicted molar refractivity (Wildman–Crippen MR) is 72.9 cm³/mol. The number of hydrogen-bond donors (Lipinski definition) is 1.